The Hall–Kier alpha value is -1.88. The van der Waals surface area contributed by atoms with E-state index in [-0.39, 0.29) is 0 Å². The quantitative estimate of drug-likeness (QED) is 0.896. The van der Waals surface area contributed by atoms with Crippen LogP contribution < -0.4 is 10.1 Å². The van der Waals surface area contributed by atoms with Gasteiger partial charge < -0.3 is 10.1 Å². The average molecular weight is 261 g/mol. The minimum Gasteiger partial charge on any atom is -0.487 e. The summed E-state index contributed by atoms with van der Waals surface area (Å²) in [5.74, 6) is 0.856. The second kappa shape index (κ2) is 5.84. The maximum Gasteiger partial charge on any atom is 0.145 e. The summed E-state index contributed by atoms with van der Waals surface area (Å²) in [6.07, 6.45) is 0. The molecular formula is C14H19N3O2. The summed E-state index contributed by atoms with van der Waals surface area (Å²) < 4.78 is 10.4. The molecule has 19 heavy (non-hydrogen) atoms. The van der Waals surface area contributed by atoms with Gasteiger partial charge in [0.15, 0.2) is 0 Å². The lowest BCUT2D eigenvalue weighted by atomic mass is 10.1. The summed E-state index contributed by atoms with van der Waals surface area (Å²) in [5.41, 5.74) is 3.84. The zero-order chi connectivity index (χ0) is 13.8. The fourth-order valence-electron chi connectivity index (χ4n) is 1.80. The van der Waals surface area contributed by atoms with Crippen molar-refractivity contribution in [3.63, 3.8) is 0 Å². The van der Waals surface area contributed by atoms with Crippen molar-refractivity contribution >= 4 is 0 Å². The molecule has 0 amide bonds. The van der Waals surface area contributed by atoms with Crippen LogP contribution in [0.3, 0.4) is 0 Å². The van der Waals surface area contributed by atoms with Gasteiger partial charge in [-0.25, -0.2) is 4.63 Å². The van der Waals surface area contributed by atoms with Crippen LogP contribution in [0, 0.1) is 13.8 Å². The Balaban J connectivity index is 2.07. The Morgan fingerprint density at radius 3 is 2.68 bits per heavy atom. The molecule has 0 aliphatic heterocycles. The number of rotatable bonds is 5. The van der Waals surface area contributed by atoms with Gasteiger partial charge in [0.25, 0.3) is 0 Å². The van der Waals surface area contributed by atoms with Gasteiger partial charge in [-0.3, -0.25) is 0 Å². The van der Waals surface area contributed by atoms with Gasteiger partial charge in [-0.1, -0.05) is 22.4 Å². The van der Waals surface area contributed by atoms with E-state index >= 15 is 0 Å². The zero-order valence-electron chi connectivity index (χ0n) is 11.7. The lowest BCUT2D eigenvalue weighted by Crippen LogP contribution is -2.12. The molecule has 0 aliphatic carbocycles. The number of hydrogen-bond acceptors (Lipinski definition) is 5. The highest BCUT2D eigenvalue weighted by Crippen LogP contribution is 2.23. The number of aromatic nitrogens is 2. The second-order valence-corrected chi connectivity index (χ2v) is 4.62. The first-order valence-corrected chi connectivity index (χ1v) is 6.30. The van der Waals surface area contributed by atoms with Gasteiger partial charge in [-0.05, 0) is 45.0 Å². The summed E-state index contributed by atoms with van der Waals surface area (Å²) >= 11 is 0. The van der Waals surface area contributed by atoms with E-state index in [0.29, 0.717) is 12.6 Å². The van der Waals surface area contributed by atoms with E-state index in [0.717, 1.165) is 22.7 Å². The molecule has 0 spiro atoms. The molecule has 2 aromatic rings. The maximum absolute atomic E-state index is 5.75. The van der Waals surface area contributed by atoms with Gasteiger partial charge in [-0.2, -0.15) is 0 Å². The van der Waals surface area contributed by atoms with Crippen LogP contribution in [0.2, 0.25) is 0 Å². The first-order valence-electron chi connectivity index (χ1n) is 6.30. The van der Waals surface area contributed by atoms with Gasteiger partial charge >= 0.3 is 0 Å². The van der Waals surface area contributed by atoms with Crippen molar-refractivity contribution in [2.45, 2.75) is 33.4 Å². The standard InChI is InChI=1S/C14H19N3O2/c1-9-7-12(10(2)15-4)5-6-14(9)18-8-13-11(3)16-19-17-13/h5-7,10,15H,8H2,1-4H3. The fourth-order valence-corrected chi connectivity index (χ4v) is 1.80. The van der Waals surface area contributed by atoms with Gasteiger partial charge in [0.2, 0.25) is 0 Å². The molecule has 0 bridgehead atoms. The molecule has 1 N–H and O–H groups in total. The lowest BCUT2D eigenvalue weighted by Gasteiger charge is -2.14. The molecule has 0 saturated carbocycles. The van der Waals surface area contributed by atoms with Gasteiger partial charge in [0.05, 0.1) is 0 Å². The summed E-state index contributed by atoms with van der Waals surface area (Å²) in [4.78, 5) is 0. The van der Waals surface area contributed by atoms with Crippen LogP contribution in [0.1, 0.15) is 35.5 Å². The Bertz CT molecular complexity index is 551. The van der Waals surface area contributed by atoms with Crippen LogP contribution in [-0.4, -0.2) is 17.4 Å². The smallest absolute Gasteiger partial charge is 0.145 e. The van der Waals surface area contributed by atoms with Crippen LogP contribution in [0.5, 0.6) is 5.75 Å². The molecular weight excluding hydrogens is 242 g/mol. The topological polar surface area (TPSA) is 60.2 Å². The fraction of sp³-hybridized carbons (Fsp3) is 0.429. The molecule has 5 nitrogen and oxygen atoms in total. The van der Waals surface area contributed by atoms with Crippen molar-refractivity contribution < 1.29 is 9.37 Å². The minimum atomic E-state index is 0.328. The molecule has 1 aromatic heterocycles. The predicted molar refractivity (Wildman–Crippen MR) is 72.0 cm³/mol. The molecule has 0 radical (unpaired) electrons. The molecule has 1 heterocycles. The summed E-state index contributed by atoms with van der Waals surface area (Å²) in [5, 5.41) is 10.7. The van der Waals surface area contributed by atoms with E-state index in [2.05, 4.69) is 39.3 Å². The van der Waals surface area contributed by atoms with Crippen LogP contribution in [-0.2, 0) is 6.61 Å². The third kappa shape index (κ3) is 3.12. The normalized spacial score (nSPS) is 12.4. The number of nitrogens with zero attached hydrogens (tertiary/aromatic N) is 2. The van der Waals surface area contributed by atoms with E-state index < -0.39 is 0 Å². The Labute approximate surface area is 112 Å². The van der Waals surface area contributed by atoms with Gasteiger partial charge in [0, 0.05) is 6.04 Å². The predicted octanol–water partition coefficient (Wildman–Crippen LogP) is 2.55. The van der Waals surface area contributed by atoms with Gasteiger partial charge in [0.1, 0.15) is 23.7 Å². The molecule has 1 unspecified atom stereocenters. The average Bonchev–Trinajstić information content (AvgIpc) is 2.82. The minimum absolute atomic E-state index is 0.328. The summed E-state index contributed by atoms with van der Waals surface area (Å²) in [6.45, 7) is 6.38. The van der Waals surface area contributed by atoms with E-state index in [1.807, 2.05) is 27.0 Å². The van der Waals surface area contributed by atoms with Crippen LogP contribution in [0.4, 0.5) is 0 Å². The molecule has 0 saturated heterocycles. The Morgan fingerprint density at radius 2 is 2.11 bits per heavy atom. The number of ether oxygens (including phenoxy) is 1. The maximum atomic E-state index is 5.75. The van der Waals surface area contributed by atoms with Gasteiger partial charge in [-0.15, -0.1) is 0 Å². The van der Waals surface area contributed by atoms with Crippen LogP contribution in [0.15, 0.2) is 22.8 Å². The van der Waals surface area contributed by atoms with Crippen molar-refractivity contribution in [3.05, 3.63) is 40.7 Å². The van der Waals surface area contributed by atoms with E-state index in [9.17, 15) is 0 Å². The first-order chi connectivity index (χ1) is 9.11. The molecule has 1 atom stereocenters. The highest BCUT2D eigenvalue weighted by Gasteiger charge is 2.09. The SMILES string of the molecule is CNC(C)c1ccc(OCc2nonc2C)c(C)c1. The molecule has 1 aromatic carbocycles. The van der Waals surface area contributed by atoms with Crippen molar-refractivity contribution in [3.8, 4) is 5.75 Å². The Morgan fingerprint density at radius 1 is 1.32 bits per heavy atom. The van der Waals surface area contributed by atoms with E-state index in [1.165, 1.54) is 5.56 Å². The highest BCUT2D eigenvalue weighted by atomic mass is 16.6. The monoisotopic (exact) mass is 261 g/mol. The molecule has 0 fully saturated rings. The second-order valence-electron chi connectivity index (χ2n) is 4.62. The zero-order valence-corrected chi connectivity index (χ0v) is 11.7. The lowest BCUT2D eigenvalue weighted by molar-refractivity contribution is 0.269. The third-order valence-corrected chi connectivity index (χ3v) is 3.24. The Kier molecular flexibility index (Phi) is 4.16. The number of aryl methyl sites for hydroxylation is 2. The van der Waals surface area contributed by atoms with Crippen molar-refractivity contribution in [1.82, 2.24) is 15.6 Å². The number of hydrogen-bond donors (Lipinski definition) is 1. The van der Waals surface area contributed by atoms with E-state index in [4.69, 9.17) is 4.74 Å². The highest BCUT2D eigenvalue weighted by molar-refractivity contribution is 5.37. The molecule has 0 aliphatic rings. The third-order valence-electron chi connectivity index (χ3n) is 3.24. The summed E-state index contributed by atoms with van der Waals surface area (Å²) in [6, 6.07) is 6.51. The van der Waals surface area contributed by atoms with Crippen molar-refractivity contribution in [1.29, 1.82) is 0 Å². The molecule has 102 valence electrons. The number of benzene rings is 1. The first kappa shape index (κ1) is 13.5. The summed E-state index contributed by atoms with van der Waals surface area (Å²) in [7, 11) is 1.95. The largest absolute Gasteiger partial charge is 0.487 e. The van der Waals surface area contributed by atoms with E-state index in [1.54, 1.807) is 0 Å². The number of nitrogens with one attached hydrogen (secondary N) is 1. The molecule has 2 rings (SSSR count). The molecule has 5 heteroatoms. The van der Waals surface area contributed by atoms with Crippen molar-refractivity contribution in [2.75, 3.05) is 7.05 Å². The van der Waals surface area contributed by atoms with Crippen LogP contribution >= 0.6 is 0 Å². The van der Waals surface area contributed by atoms with Crippen molar-refractivity contribution in [2.24, 2.45) is 0 Å². The van der Waals surface area contributed by atoms with Crippen LogP contribution in [0.25, 0.3) is 0 Å².